The Balaban J connectivity index is 2.71. The van der Waals surface area contributed by atoms with E-state index in [1.54, 1.807) is 0 Å². The second-order valence-electron chi connectivity index (χ2n) is 7.04. The number of carbonyl (C=O) groups excluding carboxylic acids is 1. The van der Waals surface area contributed by atoms with Crippen LogP contribution >= 0.6 is 0 Å². The molecule has 0 radical (unpaired) electrons. The van der Waals surface area contributed by atoms with Gasteiger partial charge in [-0.1, -0.05) is 71.1 Å². The SMILES string of the molecule is C[C@H](C#C[Si](C)(C)C(C)(C)C)CC(=O)c1ccccc1. The molecule has 1 atom stereocenters. The van der Waals surface area contributed by atoms with Crippen molar-refractivity contribution in [3.05, 3.63) is 35.9 Å². The van der Waals surface area contributed by atoms with E-state index < -0.39 is 8.07 Å². The van der Waals surface area contributed by atoms with Gasteiger partial charge in [0.2, 0.25) is 0 Å². The molecule has 0 spiro atoms. The fourth-order valence-corrected chi connectivity index (χ4v) is 2.54. The van der Waals surface area contributed by atoms with Crippen molar-refractivity contribution in [2.24, 2.45) is 5.92 Å². The molecule has 0 aromatic heterocycles. The fraction of sp³-hybridized carbons (Fsp3) is 0.500. The molecule has 1 rings (SSSR count). The number of hydrogen-bond donors (Lipinski definition) is 0. The Morgan fingerprint density at radius 3 is 2.25 bits per heavy atom. The molecule has 1 nitrogen and oxygen atoms in total. The lowest BCUT2D eigenvalue weighted by atomic mass is 10.0. The van der Waals surface area contributed by atoms with Crippen LogP contribution in [-0.4, -0.2) is 13.9 Å². The van der Waals surface area contributed by atoms with Crippen molar-refractivity contribution in [3.63, 3.8) is 0 Å². The van der Waals surface area contributed by atoms with Crippen LogP contribution in [0, 0.1) is 17.4 Å². The Bertz CT molecular complexity index is 512. The summed E-state index contributed by atoms with van der Waals surface area (Å²) in [7, 11) is -1.57. The Morgan fingerprint density at radius 2 is 1.75 bits per heavy atom. The molecular formula is C18H26OSi. The van der Waals surface area contributed by atoms with Crippen LogP contribution in [0.2, 0.25) is 18.1 Å². The minimum atomic E-state index is -1.57. The molecule has 108 valence electrons. The second-order valence-corrected chi connectivity index (χ2v) is 12.0. The van der Waals surface area contributed by atoms with Crippen molar-refractivity contribution >= 4 is 13.9 Å². The van der Waals surface area contributed by atoms with Crippen LogP contribution in [0.3, 0.4) is 0 Å². The predicted molar refractivity (Wildman–Crippen MR) is 89.5 cm³/mol. The third-order valence-corrected chi connectivity index (χ3v) is 8.61. The van der Waals surface area contributed by atoms with Gasteiger partial charge in [0, 0.05) is 17.9 Å². The Hall–Kier alpha value is -1.33. The van der Waals surface area contributed by atoms with E-state index in [1.165, 1.54) is 0 Å². The Morgan fingerprint density at radius 1 is 1.20 bits per heavy atom. The highest BCUT2D eigenvalue weighted by Crippen LogP contribution is 2.35. The lowest BCUT2D eigenvalue weighted by Gasteiger charge is -2.31. The van der Waals surface area contributed by atoms with Crippen molar-refractivity contribution < 1.29 is 4.79 Å². The molecule has 0 heterocycles. The van der Waals surface area contributed by atoms with Gasteiger partial charge < -0.3 is 0 Å². The largest absolute Gasteiger partial charge is 0.294 e. The molecule has 0 saturated carbocycles. The summed E-state index contributed by atoms with van der Waals surface area (Å²) in [6.45, 7) is 13.4. The minimum Gasteiger partial charge on any atom is -0.294 e. The van der Waals surface area contributed by atoms with Crippen LogP contribution in [0.4, 0.5) is 0 Å². The van der Waals surface area contributed by atoms with E-state index in [9.17, 15) is 4.79 Å². The molecule has 0 fully saturated rings. The summed E-state index contributed by atoms with van der Waals surface area (Å²) < 4.78 is 0. The van der Waals surface area contributed by atoms with Gasteiger partial charge >= 0.3 is 0 Å². The zero-order valence-corrected chi connectivity index (χ0v) is 14.6. The van der Waals surface area contributed by atoms with Crippen LogP contribution in [-0.2, 0) is 0 Å². The molecule has 0 N–H and O–H groups in total. The molecule has 1 aromatic carbocycles. The zero-order valence-electron chi connectivity index (χ0n) is 13.6. The van der Waals surface area contributed by atoms with Gasteiger partial charge in [0.15, 0.2) is 5.78 Å². The normalized spacial score (nSPS) is 13.3. The number of hydrogen-bond acceptors (Lipinski definition) is 1. The molecule has 20 heavy (non-hydrogen) atoms. The van der Waals surface area contributed by atoms with Crippen LogP contribution in [0.25, 0.3) is 0 Å². The first-order valence-electron chi connectivity index (χ1n) is 7.24. The van der Waals surface area contributed by atoms with Gasteiger partial charge in [0.05, 0.1) is 0 Å². The number of rotatable bonds is 3. The lowest BCUT2D eigenvalue weighted by Crippen LogP contribution is -2.35. The highest BCUT2D eigenvalue weighted by atomic mass is 28.3. The maximum atomic E-state index is 12.1. The molecule has 0 saturated heterocycles. The third-order valence-electron chi connectivity index (χ3n) is 4.09. The summed E-state index contributed by atoms with van der Waals surface area (Å²) in [4.78, 5) is 12.1. The molecule has 2 heteroatoms. The number of benzene rings is 1. The van der Waals surface area contributed by atoms with Gasteiger partial charge in [0.25, 0.3) is 0 Å². The summed E-state index contributed by atoms with van der Waals surface area (Å²) in [6, 6.07) is 9.47. The highest BCUT2D eigenvalue weighted by Gasteiger charge is 2.33. The Kier molecular flexibility index (Phi) is 5.36. The van der Waals surface area contributed by atoms with Crippen molar-refractivity contribution in [2.75, 3.05) is 0 Å². The van der Waals surface area contributed by atoms with E-state index in [2.05, 4.69) is 45.3 Å². The maximum Gasteiger partial charge on any atom is 0.164 e. The number of ketones is 1. The number of carbonyl (C=O) groups is 1. The molecule has 0 aliphatic rings. The van der Waals surface area contributed by atoms with E-state index >= 15 is 0 Å². The van der Waals surface area contributed by atoms with Crippen molar-refractivity contribution in [1.82, 2.24) is 0 Å². The van der Waals surface area contributed by atoms with E-state index in [4.69, 9.17) is 0 Å². The highest BCUT2D eigenvalue weighted by molar-refractivity contribution is 6.87. The van der Waals surface area contributed by atoms with E-state index in [0.29, 0.717) is 6.42 Å². The standard InChI is InChI=1S/C18H26OSi/c1-15(12-13-20(5,6)18(2,3)4)14-17(19)16-10-8-7-9-11-16/h7-11,15H,14H2,1-6H3/t15-/m1/s1. The molecule has 0 bridgehead atoms. The van der Waals surface area contributed by atoms with Gasteiger partial charge in [-0.05, 0) is 5.04 Å². The lowest BCUT2D eigenvalue weighted by molar-refractivity contribution is 0.0973. The molecular weight excluding hydrogens is 260 g/mol. The average Bonchev–Trinajstić information content (AvgIpc) is 2.36. The van der Waals surface area contributed by atoms with Gasteiger partial charge in [-0.25, -0.2) is 0 Å². The van der Waals surface area contributed by atoms with Crippen molar-refractivity contribution in [3.8, 4) is 11.5 Å². The van der Waals surface area contributed by atoms with Crippen LogP contribution in [0.15, 0.2) is 30.3 Å². The van der Waals surface area contributed by atoms with E-state index in [1.807, 2.05) is 37.3 Å². The van der Waals surface area contributed by atoms with Crippen LogP contribution < -0.4 is 0 Å². The fourth-order valence-electron chi connectivity index (χ4n) is 1.56. The van der Waals surface area contributed by atoms with Gasteiger partial charge in [-0.2, -0.15) is 0 Å². The second kappa shape index (κ2) is 6.41. The van der Waals surface area contributed by atoms with E-state index in [-0.39, 0.29) is 16.7 Å². The van der Waals surface area contributed by atoms with E-state index in [0.717, 1.165) is 5.56 Å². The Labute approximate surface area is 124 Å². The molecule has 0 aliphatic carbocycles. The van der Waals surface area contributed by atoms with Crippen LogP contribution in [0.5, 0.6) is 0 Å². The summed E-state index contributed by atoms with van der Waals surface area (Å²) in [5.41, 5.74) is 4.28. The first-order valence-corrected chi connectivity index (χ1v) is 10.2. The van der Waals surface area contributed by atoms with Gasteiger partial charge in [-0.3, -0.25) is 4.79 Å². The molecule has 0 aliphatic heterocycles. The molecule has 0 unspecified atom stereocenters. The topological polar surface area (TPSA) is 17.1 Å². The summed E-state index contributed by atoms with van der Waals surface area (Å²) in [6.07, 6.45) is 0.506. The summed E-state index contributed by atoms with van der Waals surface area (Å²) >= 11 is 0. The van der Waals surface area contributed by atoms with Gasteiger partial charge in [0.1, 0.15) is 8.07 Å². The average molecular weight is 286 g/mol. The predicted octanol–water partition coefficient (Wildman–Crippen LogP) is 4.95. The molecule has 1 aromatic rings. The maximum absolute atomic E-state index is 12.1. The monoisotopic (exact) mass is 286 g/mol. The summed E-state index contributed by atoms with van der Waals surface area (Å²) in [5, 5.41) is 0.267. The minimum absolute atomic E-state index is 0.122. The molecule has 0 amide bonds. The smallest absolute Gasteiger partial charge is 0.164 e. The zero-order chi connectivity index (χ0) is 15.4. The first kappa shape index (κ1) is 16.7. The number of Topliss-reactive ketones (excluding diaryl/α,β-unsaturated/α-hetero) is 1. The van der Waals surface area contributed by atoms with Crippen molar-refractivity contribution in [2.45, 2.75) is 52.2 Å². The van der Waals surface area contributed by atoms with Crippen molar-refractivity contribution in [1.29, 1.82) is 0 Å². The van der Waals surface area contributed by atoms with Crippen LogP contribution in [0.1, 0.15) is 44.5 Å². The summed E-state index contributed by atoms with van der Waals surface area (Å²) in [5.74, 6) is 3.63. The van der Waals surface area contributed by atoms with Gasteiger partial charge in [-0.15, -0.1) is 11.5 Å². The third kappa shape index (κ3) is 4.65. The first-order chi connectivity index (χ1) is 9.13. The quantitative estimate of drug-likeness (QED) is 0.436.